The molecule has 0 radical (unpaired) electrons. The summed E-state index contributed by atoms with van der Waals surface area (Å²) in [6.07, 6.45) is 43.5. The number of carbonyl (C=O) groups is 3. The van der Waals surface area contributed by atoms with E-state index < -0.39 is 19.9 Å². The molecule has 3 N–H and O–H groups in total. The van der Waals surface area contributed by atoms with Crippen molar-refractivity contribution in [2.45, 2.75) is 264 Å². The highest BCUT2D eigenvalue weighted by atomic mass is 31.1. The highest BCUT2D eigenvalue weighted by Crippen LogP contribution is 2.24. The summed E-state index contributed by atoms with van der Waals surface area (Å²) >= 11 is 0. The van der Waals surface area contributed by atoms with Crippen molar-refractivity contribution in [3.63, 3.8) is 0 Å². The summed E-state index contributed by atoms with van der Waals surface area (Å²) in [6, 6.07) is 0. The number of alkyl carbamates (subject to hydrolysis) is 1. The molecule has 0 aromatic carbocycles. The maximum absolute atomic E-state index is 11.5. The van der Waals surface area contributed by atoms with Crippen molar-refractivity contribution in [1.29, 1.82) is 0 Å². The van der Waals surface area contributed by atoms with Crippen LogP contribution in [0.3, 0.4) is 0 Å². The number of hydrogen-bond donors (Lipinski definition) is 3. The molecule has 0 saturated carbocycles. The topological polar surface area (TPSA) is 167 Å². The summed E-state index contributed by atoms with van der Waals surface area (Å²) in [5.41, 5.74) is -0.665. The van der Waals surface area contributed by atoms with E-state index in [-0.39, 0.29) is 31.7 Å². The molecule has 0 bridgehead atoms. The molecule has 12 nitrogen and oxygen atoms in total. The monoisotopic (exact) mass is 937 g/mol. The summed E-state index contributed by atoms with van der Waals surface area (Å²) in [5, 5.41) is 11.4. The van der Waals surface area contributed by atoms with Crippen LogP contribution in [0.25, 0.3) is 0 Å². The highest BCUT2D eigenvalue weighted by molar-refractivity contribution is 7.32. The molecule has 0 heterocycles. The molecule has 1 atom stereocenters. The fraction of sp³-hybridized carbons (Fsp3) is 0.941. The number of nitrogens with one attached hydrogen (secondary N) is 1. The first-order chi connectivity index (χ1) is 31.1. The van der Waals surface area contributed by atoms with Crippen LogP contribution in [0.4, 0.5) is 4.79 Å². The Balaban J connectivity index is -0.000000885. The third-order valence-electron chi connectivity index (χ3n) is 11.7. The number of aliphatic hydroxyl groups excluding tert-OH is 1. The number of hydrogen-bond acceptors (Lipinski definition) is 10. The van der Waals surface area contributed by atoms with Crippen LogP contribution in [0.1, 0.15) is 259 Å². The molecule has 382 valence electrons. The SMILES string of the molecule is CCC(CC)(CCO)OC(=O)NCCO[P+](=O)O.CCCCCCCCCCCCCCCCCC(=O)OC.CCCCCCCCCCCCCCCCCC(=O)OCCCOC. The van der Waals surface area contributed by atoms with Gasteiger partial charge in [-0.25, -0.2) is 4.79 Å². The van der Waals surface area contributed by atoms with Crippen LogP contribution in [-0.4, -0.2) is 80.8 Å². The van der Waals surface area contributed by atoms with E-state index in [1.165, 1.54) is 180 Å². The maximum Gasteiger partial charge on any atom is 0.694 e. The fourth-order valence-electron chi connectivity index (χ4n) is 7.36. The van der Waals surface area contributed by atoms with Crippen LogP contribution in [-0.2, 0) is 37.6 Å². The number of unbranched alkanes of at least 4 members (excludes halogenated alkanes) is 28. The zero-order valence-corrected chi connectivity index (χ0v) is 43.4. The van der Waals surface area contributed by atoms with E-state index in [1.54, 1.807) is 7.11 Å². The predicted molar refractivity (Wildman–Crippen MR) is 264 cm³/mol. The quantitative estimate of drug-likeness (QED) is 0.0230. The van der Waals surface area contributed by atoms with E-state index in [9.17, 15) is 18.9 Å². The Morgan fingerprint density at radius 3 is 1.22 bits per heavy atom. The lowest BCUT2D eigenvalue weighted by atomic mass is 9.93. The van der Waals surface area contributed by atoms with Crippen molar-refractivity contribution < 1.29 is 52.4 Å². The second-order valence-corrected chi connectivity index (χ2v) is 18.0. The Labute approximate surface area is 394 Å². The third kappa shape index (κ3) is 54.5. The van der Waals surface area contributed by atoms with Crippen LogP contribution in [0.2, 0.25) is 0 Å². The van der Waals surface area contributed by atoms with Gasteiger partial charge in [0.25, 0.3) is 0 Å². The van der Waals surface area contributed by atoms with Gasteiger partial charge < -0.3 is 29.4 Å². The first-order valence-electron chi connectivity index (χ1n) is 26.2. The van der Waals surface area contributed by atoms with E-state index >= 15 is 0 Å². The first kappa shape index (κ1) is 66.4. The van der Waals surface area contributed by atoms with Gasteiger partial charge >= 0.3 is 26.3 Å². The van der Waals surface area contributed by atoms with Gasteiger partial charge in [0, 0.05) is 57.1 Å². The van der Waals surface area contributed by atoms with Gasteiger partial charge in [0.05, 0.1) is 13.7 Å². The molecule has 0 aliphatic heterocycles. The maximum atomic E-state index is 11.5. The zero-order chi connectivity index (χ0) is 48.0. The molecular weight excluding hydrogens is 834 g/mol. The van der Waals surface area contributed by atoms with Crippen molar-refractivity contribution in [2.75, 3.05) is 47.2 Å². The standard InChI is InChI=1S/C22H44O3.C19H38O2.C10H20NO6P/c1-3-4-5-6-7-8-9-10-11-12-13-14-15-16-17-19-22(23)25-21-18-20-24-2;1-3-4-5-6-7-8-9-10-11-12-13-14-15-16-17-18-19(20)21-2;1-3-10(4-2,5-7-12)17-9(13)11-6-8-16-18(14)15/h3-21H2,1-2H3;3-18H2,1-2H3;12H,3-8H2,1-2H3,(H-,11,13,14,15)/p+1. The fourth-order valence-corrected chi connectivity index (χ4v) is 7.60. The summed E-state index contributed by atoms with van der Waals surface area (Å²) in [7, 11) is 0.485. The summed E-state index contributed by atoms with van der Waals surface area (Å²) < 4.78 is 34.6. The Morgan fingerprint density at radius 1 is 0.516 bits per heavy atom. The number of carbonyl (C=O) groups excluding carboxylic acids is 3. The molecule has 13 heteroatoms. The normalized spacial score (nSPS) is 11.2. The average molecular weight is 937 g/mol. The lowest BCUT2D eigenvalue weighted by Crippen LogP contribution is -2.40. The molecular formula is C51H103NO11P+. The molecule has 0 saturated heterocycles. The largest absolute Gasteiger partial charge is 0.694 e. The van der Waals surface area contributed by atoms with Gasteiger partial charge in [-0.3, -0.25) is 9.59 Å². The van der Waals surface area contributed by atoms with E-state index in [1.807, 2.05) is 13.8 Å². The Bertz CT molecular complexity index is 1000. The number of rotatable bonds is 45. The minimum absolute atomic E-state index is 0.0502. The highest BCUT2D eigenvalue weighted by Gasteiger charge is 2.30. The Morgan fingerprint density at radius 2 is 0.891 bits per heavy atom. The number of aliphatic hydroxyl groups is 1. The van der Waals surface area contributed by atoms with Gasteiger partial charge in [0.15, 0.2) is 0 Å². The van der Waals surface area contributed by atoms with Crippen LogP contribution in [0.15, 0.2) is 0 Å². The van der Waals surface area contributed by atoms with Crippen LogP contribution in [0.5, 0.6) is 0 Å². The van der Waals surface area contributed by atoms with Crippen LogP contribution < -0.4 is 5.32 Å². The van der Waals surface area contributed by atoms with Crippen molar-refractivity contribution in [2.24, 2.45) is 0 Å². The molecule has 0 spiro atoms. The Kier molecular flexibility index (Phi) is 57.6. The van der Waals surface area contributed by atoms with Gasteiger partial charge in [-0.2, -0.15) is 0 Å². The van der Waals surface area contributed by atoms with E-state index in [4.69, 9.17) is 24.2 Å². The van der Waals surface area contributed by atoms with Crippen LogP contribution >= 0.6 is 8.25 Å². The predicted octanol–water partition coefficient (Wildman–Crippen LogP) is 14.6. The van der Waals surface area contributed by atoms with E-state index in [2.05, 4.69) is 28.4 Å². The average Bonchev–Trinajstić information content (AvgIpc) is 3.29. The third-order valence-corrected chi connectivity index (χ3v) is 12.1. The van der Waals surface area contributed by atoms with E-state index in [0.717, 1.165) is 25.7 Å². The molecule has 0 aromatic heterocycles. The van der Waals surface area contributed by atoms with Gasteiger partial charge in [0.2, 0.25) is 0 Å². The second-order valence-electron chi connectivity index (χ2n) is 17.3. The molecule has 0 aliphatic carbocycles. The minimum atomic E-state index is -2.65. The molecule has 1 unspecified atom stereocenters. The van der Waals surface area contributed by atoms with Crippen molar-refractivity contribution >= 4 is 26.3 Å². The van der Waals surface area contributed by atoms with Gasteiger partial charge in [-0.05, 0) is 25.7 Å². The summed E-state index contributed by atoms with van der Waals surface area (Å²) in [6.45, 7) is 9.44. The number of methoxy groups -OCH3 is 2. The zero-order valence-electron chi connectivity index (χ0n) is 42.5. The van der Waals surface area contributed by atoms with Crippen molar-refractivity contribution in [3.05, 3.63) is 0 Å². The smallest absolute Gasteiger partial charge is 0.469 e. The van der Waals surface area contributed by atoms with Crippen LogP contribution in [0, 0.1) is 0 Å². The molecule has 64 heavy (non-hydrogen) atoms. The molecule has 0 aliphatic rings. The van der Waals surface area contributed by atoms with Gasteiger partial charge in [0.1, 0.15) is 12.2 Å². The Hall–Kier alpha value is -1.85. The van der Waals surface area contributed by atoms with Crippen molar-refractivity contribution in [1.82, 2.24) is 5.32 Å². The molecule has 0 rings (SSSR count). The molecule has 0 aromatic rings. The van der Waals surface area contributed by atoms with Crippen molar-refractivity contribution in [3.8, 4) is 0 Å². The van der Waals surface area contributed by atoms with E-state index in [0.29, 0.717) is 45.3 Å². The first-order valence-corrected chi connectivity index (χ1v) is 27.3. The number of ether oxygens (including phenoxy) is 4. The number of esters is 2. The molecule has 0 fully saturated rings. The number of amides is 1. The minimum Gasteiger partial charge on any atom is -0.469 e. The lowest BCUT2D eigenvalue weighted by molar-refractivity contribution is -0.144. The van der Waals surface area contributed by atoms with Gasteiger partial charge in [-0.15, -0.1) is 9.42 Å². The second kappa shape index (κ2) is 55.5. The summed E-state index contributed by atoms with van der Waals surface area (Å²) in [4.78, 5) is 42.3. The lowest BCUT2D eigenvalue weighted by Gasteiger charge is -2.30. The van der Waals surface area contributed by atoms with Gasteiger partial charge in [-0.1, -0.05) is 207 Å². The molecule has 1 amide bonds. The summed E-state index contributed by atoms with van der Waals surface area (Å²) in [5.74, 6) is -0.115.